The second-order valence-corrected chi connectivity index (χ2v) is 4.49. The number of aryl methyl sites for hydroxylation is 2. The van der Waals surface area contributed by atoms with Gasteiger partial charge in [-0.05, 0) is 43.2 Å². The standard InChI is InChI=1S/C15H16N2O2/c1-9-3-4-10(2)13(7-9)19-14-8-11(16)5-6-12(14)15(17)18/h3-8H,16H2,1-2H3,(H2,17,18). The molecule has 0 spiro atoms. The molecule has 0 aliphatic rings. The lowest BCUT2D eigenvalue weighted by molar-refractivity contribution is 0.0998. The number of hydrogen-bond donors (Lipinski definition) is 2. The zero-order chi connectivity index (χ0) is 14.0. The van der Waals surface area contributed by atoms with Crippen molar-refractivity contribution < 1.29 is 9.53 Å². The van der Waals surface area contributed by atoms with Gasteiger partial charge in [0.2, 0.25) is 0 Å². The van der Waals surface area contributed by atoms with Crippen LogP contribution in [-0.4, -0.2) is 5.91 Å². The molecule has 0 bridgehead atoms. The van der Waals surface area contributed by atoms with Gasteiger partial charge in [-0.2, -0.15) is 0 Å². The van der Waals surface area contributed by atoms with Crippen LogP contribution in [0.3, 0.4) is 0 Å². The van der Waals surface area contributed by atoms with Gasteiger partial charge in [0, 0.05) is 11.8 Å². The number of ether oxygens (including phenoxy) is 1. The molecule has 0 heterocycles. The molecule has 4 nitrogen and oxygen atoms in total. The molecular formula is C15H16N2O2. The van der Waals surface area contributed by atoms with Gasteiger partial charge in [-0.15, -0.1) is 0 Å². The number of carbonyl (C=O) groups excluding carboxylic acids is 1. The highest BCUT2D eigenvalue weighted by Crippen LogP contribution is 2.30. The van der Waals surface area contributed by atoms with Gasteiger partial charge < -0.3 is 16.2 Å². The van der Waals surface area contributed by atoms with E-state index in [1.165, 1.54) is 0 Å². The highest BCUT2D eigenvalue weighted by molar-refractivity contribution is 5.96. The number of rotatable bonds is 3. The number of carbonyl (C=O) groups is 1. The quantitative estimate of drug-likeness (QED) is 0.829. The minimum Gasteiger partial charge on any atom is -0.456 e. The molecule has 2 aromatic carbocycles. The predicted molar refractivity (Wildman–Crippen MR) is 75.4 cm³/mol. The summed E-state index contributed by atoms with van der Waals surface area (Å²) in [5.74, 6) is 0.523. The van der Waals surface area contributed by atoms with Crippen molar-refractivity contribution in [2.45, 2.75) is 13.8 Å². The average molecular weight is 256 g/mol. The second kappa shape index (κ2) is 5.02. The number of anilines is 1. The second-order valence-electron chi connectivity index (χ2n) is 4.49. The van der Waals surface area contributed by atoms with Gasteiger partial charge in [-0.3, -0.25) is 4.79 Å². The molecule has 0 atom stereocenters. The summed E-state index contributed by atoms with van der Waals surface area (Å²) < 4.78 is 5.78. The van der Waals surface area contributed by atoms with Gasteiger partial charge in [-0.1, -0.05) is 12.1 Å². The Morgan fingerprint density at radius 3 is 2.47 bits per heavy atom. The maximum absolute atomic E-state index is 11.4. The van der Waals surface area contributed by atoms with E-state index in [2.05, 4.69) is 0 Å². The summed E-state index contributed by atoms with van der Waals surface area (Å²) in [6, 6.07) is 10.6. The van der Waals surface area contributed by atoms with E-state index >= 15 is 0 Å². The molecule has 98 valence electrons. The van der Waals surface area contributed by atoms with Crippen LogP contribution in [0.4, 0.5) is 5.69 Å². The summed E-state index contributed by atoms with van der Waals surface area (Å²) in [6.45, 7) is 3.91. The van der Waals surface area contributed by atoms with Crippen molar-refractivity contribution >= 4 is 11.6 Å². The zero-order valence-electron chi connectivity index (χ0n) is 10.9. The SMILES string of the molecule is Cc1ccc(C)c(Oc2cc(N)ccc2C(N)=O)c1. The van der Waals surface area contributed by atoms with Crippen molar-refractivity contribution in [1.82, 2.24) is 0 Å². The Balaban J connectivity index is 2.45. The summed E-state index contributed by atoms with van der Waals surface area (Å²) in [5, 5.41) is 0. The van der Waals surface area contributed by atoms with Crippen LogP contribution in [0.25, 0.3) is 0 Å². The van der Waals surface area contributed by atoms with Crippen LogP contribution in [0.1, 0.15) is 21.5 Å². The number of hydrogen-bond acceptors (Lipinski definition) is 3. The number of nitrogens with two attached hydrogens (primary N) is 2. The Bertz CT molecular complexity index is 636. The topological polar surface area (TPSA) is 78.3 Å². The lowest BCUT2D eigenvalue weighted by atomic mass is 10.1. The molecule has 2 aromatic rings. The van der Waals surface area contributed by atoms with Gasteiger partial charge in [0.1, 0.15) is 11.5 Å². The summed E-state index contributed by atoms with van der Waals surface area (Å²) in [7, 11) is 0. The van der Waals surface area contributed by atoms with E-state index in [1.54, 1.807) is 18.2 Å². The van der Waals surface area contributed by atoms with Crippen molar-refractivity contribution in [2.24, 2.45) is 5.73 Å². The number of amides is 1. The first-order valence-corrected chi connectivity index (χ1v) is 5.92. The minimum absolute atomic E-state index is 0.315. The maximum atomic E-state index is 11.4. The van der Waals surface area contributed by atoms with Gasteiger partial charge in [0.15, 0.2) is 0 Å². The van der Waals surface area contributed by atoms with Crippen LogP contribution in [0.15, 0.2) is 36.4 Å². The number of benzene rings is 2. The third-order valence-electron chi connectivity index (χ3n) is 2.83. The van der Waals surface area contributed by atoms with E-state index < -0.39 is 5.91 Å². The van der Waals surface area contributed by atoms with E-state index in [-0.39, 0.29) is 0 Å². The van der Waals surface area contributed by atoms with Gasteiger partial charge in [0.05, 0.1) is 5.56 Å². The van der Waals surface area contributed by atoms with Crippen LogP contribution >= 0.6 is 0 Å². The zero-order valence-corrected chi connectivity index (χ0v) is 10.9. The van der Waals surface area contributed by atoms with Crippen molar-refractivity contribution in [3.8, 4) is 11.5 Å². The molecule has 19 heavy (non-hydrogen) atoms. The molecule has 0 unspecified atom stereocenters. The first-order valence-electron chi connectivity index (χ1n) is 5.92. The first kappa shape index (κ1) is 13.0. The average Bonchev–Trinajstić information content (AvgIpc) is 2.33. The smallest absolute Gasteiger partial charge is 0.252 e. The molecular weight excluding hydrogens is 240 g/mol. The Morgan fingerprint density at radius 1 is 1.05 bits per heavy atom. The third-order valence-corrected chi connectivity index (χ3v) is 2.83. The fraction of sp³-hybridized carbons (Fsp3) is 0.133. The largest absolute Gasteiger partial charge is 0.456 e. The lowest BCUT2D eigenvalue weighted by Gasteiger charge is -2.12. The van der Waals surface area contributed by atoms with Crippen molar-refractivity contribution in [2.75, 3.05) is 5.73 Å². The minimum atomic E-state index is -0.541. The Morgan fingerprint density at radius 2 is 1.79 bits per heavy atom. The van der Waals surface area contributed by atoms with E-state index in [0.717, 1.165) is 11.1 Å². The molecule has 0 aliphatic heterocycles. The molecule has 0 saturated carbocycles. The van der Waals surface area contributed by atoms with Crippen LogP contribution < -0.4 is 16.2 Å². The third kappa shape index (κ3) is 2.85. The molecule has 0 saturated heterocycles. The monoisotopic (exact) mass is 256 g/mol. The fourth-order valence-electron chi connectivity index (χ4n) is 1.76. The highest BCUT2D eigenvalue weighted by Gasteiger charge is 2.11. The lowest BCUT2D eigenvalue weighted by Crippen LogP contribution is -2.12. The summed E-state index contributed by atoms with van der Waals surface area (Å²) in [5.41, 5.74) is 13.9. The summed E-state index contributed by atoms with van der Waals surface area (Å²) in [4.78, 5) is 11.4. The van der Waals surface area contributed by atoms with Crippen LogP contribution in [0, 0.1) is 13.8 Å². The van der Waals surface area contributed by atoms with Crippen LogP contribution in [0.2, 0.25) is 0 Å². The molecule has 4 N–H and O–H groups in total. The number of nitrogen functional groups attached to an aromatic ring is 1. The molecule has 0 fully saturated rings. The molecule has 0 aromatic heterocycles. The van der Waals surface area contributed by atoms with Crippen LogP contribution in [-0.2, 0) is 0 Å². The predicted octanol–water partition coefficient (Wildman–Crippen LogP) is 2.78. The Labute approximate surface area is 112 Å². The van der Waals surface area contributed by atoms with E-state index in [0.29, 0.717) is 22.7 Å². The van der Waals surface area contributed by atoms with Gasteiger partial charge in [0.25, 0.3) is 5.91 Å². The van der Waals surface area contributed by atoms with Gasteiger partial charge >= 0.3 is 0 Å². The molecule has 0 radical (unpaired) electrons. The summed E-state index contributed by atoms with van der Waals surface area (Å²) in [6.07, 6.45) is 0. The van der Waals surface area contributed by atoms with E-state index in [1.807, 2.05) is 32.0 Å². The van der Waals surface area contributed by atoms with Crippen molar-refractivity contribution in [1.29, 1.82) is 0 Å². The van der Waals surface area contributed by atoms with Gasteiger partial charge in [-0.25, -0.2) is 0 Å². The maximum Gasteiger partial charge on any atom is 0.252 e. The van der Waals surface area contributed by atoms with E-state index in [4.69, 9.17) is 16.2 Å². The molecule has 0 aliphatic carbocycles. The highest BCUT2D eigenvalue weighted by atomic mass is 16.5. The van der Waals surface area contributed by atoms with Crippen molar-refractivity contribution in [3.05, 3.63) is 53.1 Å². The molecule has 1 amide bonds. The van der Waals surface area contributed by atoms with Crippen molar-refractivity contribution in [3.63, 3.8) is 0 Å². The first-order chi connectivity index (χ1) is 8.97. The Kier molecular flexibility index (Phi) is 3.42. The normalized spacial score (nSPS) is 10.2. The fourth-order valence-corrected chi connectivity index (χ4v) is 1.76. The number of primary amides is 1. The molecule has 4 heteroatoms. The van der Waals surface area contributed by atoms with Crippen LogP contribution in [0.5, 0.6) is 11.5 Å². The van der Waals surface area contributed by atoms with E-state index in [9.17, 15) is 4.79 Å². The molecule has 2 rings (SSSR count). The Hall–Kier alpha value is -2.49. The summed E-state index contributed by atoms with van der Waals surface area (Å²) >= 11 is 0.